The Labute approximate surface area is 157 Å². The summed E-state index contributed by atoms with van der Waals surface area (Å²) in [7, 11) is 2.00. The quantitative estimate of drug-likeness (QED) is 0.774. The highest BCUT2D eigenvalue weighted by atomic mass is 15.3. The molecule has 1 unspecified atom stereocenters. The predicted octanol–water partition coefficient (Wildman–Crippen LogP) is 5.65. The fourth-order valence-electron chi connectivity index (χ4n) is 3.39. The van der Waals surface area contributed by atoms with E-state index in [1.54, 1.807) is 0 Å². The maximum atomic E-state index is 4.16. The van der Waals surface area contributed by atoms with Crippen molar-refractivity contribution in [3.05, 3.63) is 89.4 Å². The maximum absolute atomic E-state index is 4.16. The Hall–Kier alpha value is -2.74. The van der Waals surface area contributed by atoms with Gasteiger partial charge in [0.05, 0.1) is 11.9 Å². The molecule has 0 bridgehead atoms. The first-order valence-electron chi connectivity index (χ1n) is 9.08. The van der Waals surface area contributed by atoms with Crippen molar-refractivity contribution < 1.29 is 0 Å². The van der Waals surface area contributed by atoms with Gasteiger partial charge in [-0.1, -0.05) is 72.8 Å². The van der Waals surface area contributed by atoms with Gasteiger partial charge in [-0.15, -0.1) is 0 Å². The standard InChI is InChI=1S/C24H28N2/c1-16-10-12-21(13-11-16)23-9-7-8-22(19(23)4)14-17(2)24-15-18(3)26(6)20(5)25-24/h7-14,24-25H,3,5,15H2,1-2,4,6H3/b17-14+. The topological polar surface area (TPSA) is 15.3 Å². The summed E-state index contributed by atoms with van der Waals surface area (Å²) in [6.45, 7) is 14.8. The zero-order valence-corrected chi connectivity index (χ0v) is 16.3. The van der Waals surface area contributed by atoms with Gasteiger partial charge in [-0.3, -0.25) is 0 Å². The van der Waals surface area contributed by atoms with Crippen LogP contribution in [0.1, 0.15) is 30.0 Å². The van der Waals surface area contributed by atoms with Crippen molar-refractivity contribution in [2.45, 2.75) is 33.2 Å². The summed E-state index contributed by atoms with van der Waals surface area (Å²) in [4.78, 5) is 2.02. The van der Waals surface area contributed by atoms with Crippen LogP contribution in [-0.2, 0) is 0 Å². The van der Waals surface area contributed by atoms with E-state index in [-0.39, 0.29) is 6.04 Å². The van der Waals surface area contributed by atoms with Crippen LogP contribution in [-0.4, -0.2) is 18.0 Å². The number of nitrogens with one attached hydrogen (secondary N) is 1. The SMILES string of the molecule is C=C1CC(/C(C)=C/c2cccc(-c3ccc(C)cc3)c2C)NC(=C)N1C. The monoisotopic (exact) mass is 344 g/mol. The van der Waals surface area contributed by atoms with Crippen molar-refractivity contribution in [3.8, 4) is 11.1 Å². The molecular weight excluding hydrogens is 316 g/mol. The molecule has 1 saturated heterocycles. The smallest absolute Gasteiger partial charge is 0.0983 e. The fraction of sp³-hybridized carbons (Fsp3) is 0.250. The number of benzene rings is 2. The minimum absolute atomic E-state index is 0.244. The average molecular weight is 345 g/mol. The number of hydrogen-bond donors (Lipinski definition) is 1. The Morgan fingerprint density at radius 2 is 1.81 bits per heavy atom. The molecule has 0 radical (unpaired) electrons. The Balaban J connectivity index is 1.91. The molecule has 1 fully saturated rings. The highest BCUT2D eigenvalue weighted by Crippen LogP contribution is 2.29. The Morgan fingerprint density at radius 3 is 2.46 bits per heavy atom. The molecule has 0 aromatic heterocycles. The minimum Gasteiger partial charge on any atom is -0.365 e. The van der Waals surface area contributed by atoms with E-state index in [1.165, 1.54) is 33.4 Å². The lowest BCUT2D eigenvalue weighted by Crippen LogP contribution is -2.42. The van der Waals surface area contributed by atoms with E-state index >= 15 is 0 Å². The molecule has 2 nitrogen and oxygen atoms in total. The number of aryl methyl sites for hydroxylation is 1. The van der Waals surface area contributed by atoms with E-state index in [1.807, 2.05) is 11.9 Å². The van der Waals surface area contributed by atoms with Gasteiger partial charge in [0.25, 0.3) is 0 Å². The molecule has 2 aromatic carbocycles. The van der Waals surface area contributed by atoms with Crippen LogP contribution in [0.25, 0.3) is 17.2 Å². The molecule has 0 aliphatic carbocycles. The molecule has 0 amide bonds. The molecule has 1 heterocycles. The van der Waals surface area contributed by atoms with E-state index in [0.29, 0.717) is 0 Å². The van der Waals surface area contributed by atoms with Gasteiger partial charge in [0.2, 0.25) is 0 Å². The van der Waals surface area contributed by atoms with Crippen molar-refractivity contribution in [3.63, 3.8) is 0 Å². The van der Waals surface area contributed by atoms with Crippen LogP contribution < -0.4 is 5.32 Å². The molecular formula is C24H28N2. The molecule has 0 spiro atoms. The number of nitrogens with zero attached hydrogens (tertiary/aromatic N) is 1. The largest absolute Gasteiger partial charge is 0.365 e. The molecule has 1 N–H and O–H groups in total. The second-order valence-electron chi connectivity index (χ2n) is 7.25. The first kappa shape index (κ1) is 18.1. The highest BCUT2D eigenvalue weighted by molar-refractivity contribution is 5.73. The van der Waals surface area contributed by atoms with Crippen molar-refractivity contribution in [2.75, 3.05) is 7.05 Å². The summed E-state index contributed by atoms with van der Waals surface area (Å²) in [5, 5.41) is 3.49. The van der Waals surface area contributed by atoms with Gasteiger partial charge in [-0.25, -0.2) is 0 Å². The summed E-state index contributed by atoms with van der Waals surface area (Å²) in [5.74, 6) is 0.907. The van der Waals surface area contributed by atoms with E-state index in [0.717, 1.165) is 17.9 Å². The van der Waals surface area contributed by atoms with E-state index < -0.39 is 0 Å². The zero-order chi connectivity index (χ0) is 18.8. The van der Waals surface area contributed by atoms with Gasteiger partial charge >= 0.3 is 0 Å². The van der Waals surface area contributed by atoms with E-state index in [2.05, 4.69) is 87.8 Å². The van der Waals surface area contributed by atoms with Crippen LogP contribution in [0.15, 0.2) is 72.7 Å². The third-order valence-electron chi connectivity index (χ3n) is 5.33. The third-order valence-corrected chi connectivity index (χ3v) is 5.33. The van der Waals surface area contributed by atoms with Crippen LogP contribution in [0, 0.1) is 13.8 Å². The second-order valence-corrected chi connectivity index (χ2v) is 7.25. The van der Waals surface area contributed by atoms with Crippen LogP contribution in [0.2, 0.25) is 0 Å². The molecule has 134 valence electrons. The van der Waals surface area contributed by atoms with Gasteiger partial charge in [-0.05, 0) is 43.0 Å². The summed E-state index contributed by atoms with van der Waals surface area (Å²) in [6.07, 6.45) is 3.19. The third kappa shape index (κ3) is 3.60. The Bertz CT molecular complexity index is 854. The normalized spacial score (nSPS) is 18.1. The Morgan fingerprint density at radius 1 is 1.12 bits per heavy atom. The molecule has 3 rings (SSSR count). The minimum atomic E-state index is 0.244. The zero-order valence-electron chi connectivity index (χ0n) is 16.3. The summed E-state index contributed by atoms with van der Waals surface area (Å²) >= 11 is 0. The maximum Gasteiger partial charge on any atom is 0.0983 e. The number of hydrogen-bond acceptors (Lipinski definition) is 2. The molecule has 1 aliphatic rings. The predicted molar refractivity (Wildman–Crippen MR) is 113 cm³/mol. The lowest BCUT2D eigenvalue weighted by atomic mass is 9.93. The fourth-order valence-corrected chi connectivity index (χ4v) is 3.39. The summed E-state index contributed by atoms with van der Waals surface area (Å²) in [5.41, 5.74) is 8.80. The summed E-state index contributed by atoms with van der Waals surface area (Å²) < 4.78 is 0. The lowest BCUT2D eigenvalue weighted by molar-refractivity contribution is 0.373. The molecule has 2 heteroatoms. The molecule has 2 aromatic rings. The van der Waals surface area contributed by atoms with Crippen LogP contribution in [0.4, 0.5) is 0 Å². The van der Waals surface area contributed by atoms with E-state index in [9.17, 15) is 0 Å². The first-order chi connectivity index (χ1) is 12.4. The van der Waals surface area contributed by atoms with Gasteiger partial charge in [0, 0.05) is 19.2 Å². The van der Waals surface area contributed by atoms with Gasteiger partial charge in [0.1, 0.15) is 0 Å². The van der Waals surface area contributed by atoms with Gasteiger partial charge in [-0.2, -0.15) is 0 Å². The van der Waals surface area contributed by atoms with Crippen LogP contribution in [0.3, 0.4) is 0 Å². The molecule has 1 aliphatic heterocycles. The van der Waals surface area contributed by atoms with Gasteiger partial charge < -0.3 is 10.2 Å². The van der Waals surface area contributed by atoms with E-state index in [4.69, 9.17) is 0 Å². The van der Waals surface area contributed by atoms with Crippen molar-refractivity contribution >= 4 is 6.08 Å². The highest BCUT2D eigenvalue weighted by Gasteiger charge is 2.22. The lowest BCUT2D eigenvalue weighted by Gasteiger charge is -2.36. The summed E-state index contributed by atoms with van der Waals surface area (Å²) in [6, 6.07) is 15.5. The first-order valence-corrected chi connectivity index (χ1v) is 9.08. The van der Waals surface area contributed by atoms with Crippen LogP contribution in [0.5, 0.6) is 0 Å². The van der Waals surface area contributed by atoms with Crippen molar-refractivity contribution in [2.24, 2.45) is 0 Å². The van der Waals surface area contributed by atoms with Crippen LogP contribution >= 0.6 is 0 Å². The number of rotatable bonds is 3. The molecule has 1 atom stereocenters. The van der Waals surface area contributed by atoms with Gasteiger partial charge in [0.15, 0.2) is 0 Å². The molecule has 0 saturated carbocycles. The van der Waals surface area contributed by atoms with Crippen molar-refractivity contribution in [1.82, 2.24) is 10.2 Å². The Kier molecular flexibility index (Phi) is 5.03. The molecule has 26 heavy (non-hydrogen) atoms. The second kappa shape index (κ2) is 7.25. The van der Waals surface area contributed by atoms with Crippen molar-refractivity contribution in [1.29, 1.82) is 0 Å². The average Bonchev–Trinajstić information content (AvgIpc) is 2.62.